The van der Waals surface area contributed by atoms with Crippen molar-refractivity contribution in [3.63, 3.8) is 0 Å². The van der Waals surface area contributed by atoms with Gasteiger partial charge in [0.05, 0.1) is 0 Å². The van der Waals surface area contributed by atoms with Crippen molar-refractivity contribution in [1.29, 1.82) is 0 Å². The molecule has 4 saturated carbocycles. The smallest absolute Gasteiger partial charge is 0.260 e. The van der Waals surface area contributed by atoms with Crippen molar-refractivity contribution >= 4 is 0 Å². The minimum Gasteiger partial charge on any atom is -0.508 e. The molecule has 106 valence electrons. The lowest BCUT2D eigenvalue weighted by Crippen LogP contribution is -2.69. The van der Waals surface area contributed by atoms with E-state index < -0.39 is 5.79 Å². The van der Waals surface area contributed by atoms with E-state index in [9.17, 15) is 5.11 Å². The first-order chi connectivity index (χ1) is 9.71. The topological polar surface area (TPSA) is 47.9 Å². The molecule has 0 aromatic heterocycles. The fraction of sp³-hybridized carbons (Fsp3) is 0.625. The first kappa shape index (κ1) is 11.5. The SMILES string of the molecule is COC1(c2cccc(O)c2)OOC12C1CC3CC1CC32. The molecule has 1 aromatic carbocycles. The van der Waals surface area contributed by atoms with Crippen LogP contribution in [0.15, 0.2) is 24.3 Å². The summed E-state index contributed by atoms with van der Waals surface area (Å²) in [5.41, 5.74) is 0.535. The summed E-state index contributed by atoms with van der Waals surface area (Å²) < 4.78 is 5.84. The maximum atomic E-state index is 9.78. The highest BCUT2D eigenvalue weighted by Gasteiger charge is 2.83. The minimum atomic E-state index is -0.842. The zero-order valence-electron chi connectivity index (χ0n) is 11.4. The van der Waals surface area contributed by atoms with Crippen molar-refractivity contribution in [2.45, 2.75) is 30.7 Å². The molecule has 1 N–H and O–H groups in total. The van der Waals surface area contributed by atoms with Crippen molar-refractivity contribution in [1.82, 2.24) is 0 Å². The Morgan fingerprint density at radius 1 is 1.15 bits per heavy atom. The van der Waals surface area contributed by atoms with Crippen molar-refractivity contribution in [3.8, 4) is 5.75 Å². The van der Waals surface area contributed by atoms with E-state index in [-0.39, 0.29) is 11.4 Å². The van der Waals surface area contributed by atoms with Crippen LogP contribution in [0.1, 0.15) is 24.8 Å². The third-order valence-corrected chi connectivity index (χ3v) is 6.28. The first-order valence-corrected chi connectivity index (χ1v) is 7.43. The number of phenols is 1. The van der Waals surface area contributed by atoms with E-state index in [1.165, 1.54) is 19.3 Å². The monoisotopic (exact) mass is 274 g/mol. The van der Waals surface area contributed by atoms with Gasteiger partial charge in [-0.2, -0.15) is 4.89 Å². The fourth-order valence-electron chi connectivity index (χ4n) is 5.72. The van der Waals surface area contributed by atoms with Crippen molar-refractivity contribution in [2.24, 2.45) is 23.7 Å². The molecule has 5 atom stereocenters. The quantitative estimate of drug-likeness (QED) is 0.842. The number of hydrogen-bond donors (Lipinski definition) is 1. The van der Waals surface area contributed by atoms with Gasteiger partial charge in [0.1, 0.15) is 5.75 Å². The maximum Gasteiger partial charge on any atom is 0.260 e. The summed E-state index contributed by atoms with van der Waals surface area (Å²) in [5.74, 6) is 1.99. The fourth-order valence-corrected chi connectivity index (χ4v) is 5.72. The van der Waals surface area contributed by atoms with Crippen LogP contribution in [0.3, 0.4) is 0 Å². The van der Waals surface area contributed by atoms with Gasteiger partial charge in [-0.15, -0.1) is 0 Å². The lowest BCUT2D eigenvalue weighted by atomic mass is 9.73. The lowest BCUT2D eigenvalue weighted by molar-refractivity contribution is -0.630. The second-order valence-electron chi connectivity index (χ2n) is 6.77. The standard InChI is InChI=1S/C16H18O4/c1-18-16(11-3-2-4-12(17)8-11)15(19-20-16)13-6-9-5-10(13)7-14(9)15/h2-4,8-10,13-14,17H,5-7H2,1H3. The number of methoxy groups -OCH3 is 1. The predicted molar refractivity (Wildman–Crippen MR) is 69.5 cm³/mol. The van der Waals surface area contributed by atoms with Gasteiger partial charge in [-0.25, -0.2) is 4.89 Å². The summed E-state index contributed by atoms with van der Waals surface area (Å²) in [6.45, 7) is 0. The molecule has 4 nitrogen and oxygen atoms in total. The molecule has 1 heterocycles. The van der Waals surface area contributed by atoms with E-state index in [1.54, 1.807) is 19.2 Å². The van der Waals surface area contributed by atoms with Crippen molar-refractivity contribution in [2.75, 3.05) is 7.11 Å². The summed E-state index contributed by atoms with van der Waals surface area (Å²) in [7, 11) is 1.68. The average Bonchev–Trinajstić information content (AvgIpc) is 3.12. The van der Waals surface area contributed by atoms with Crippen LogP contribution in [-0.4, -0.2) is 17.8 Å². The Labute approximate surface area is 117 Å². The molecule has 1 aliphatic heterocycles. The van der Waals surface area contributed by atoms with Crippen LogP contribution in [0.5, 0.6) is 5.75 Å². The van der Waals surface area contributed by atoms with Crippen molar-refractivity contribution < 1.29 is 19.6 Å². The Morgan fingerprint density at radius 2 is 1.90 bits per heavy atom. The lowest BCUT2D eigenvalue weighted by Gasteiger charge is -2.57. The van der Waals surface area contributed by atoms with E-state index in [1.807, 2.05) is 12.1 Å². The van der Waals surface area contributed by atoms with Crippen LogP contribution in [0, 0.1) is 23.7 Å². The Morgan fingerprint density at radius 3 is 2.40 bits per heavy atom. The Hall–Kier alpha value is -1.10. The molecule has 4 bridgehead atoms. The molecule has 4 heteroatoms. The molecule has 1 spiro atoms. The Balaban J connectivity index is 1.66. The summed E-state index contributed by atoms with van der Waals surface area (Å²) >= 11 is 0. The second kappa shape index (κ2) is 3.38. The van der Waals surface area contributed by atoms with Crippen LogP contribution in [0.25, 0.3) is 0 Å². The molecule has 5 fully saturated rings. The van der Waals surface area contributed by atoms with Crippen LogP contribution in [0.4, 0.5) is 0 Å². The summed E-state index contributed by atoms with van der Waals surface area (Å²) in [4.78, 5) is 11.3. The molecule has 4 aliphatic carbocycles. The molecule has 5 aliphatic rings. The highest BCUT2D eigenvalue weighted by Crippen LogP contribution is 2.76. The van der Waals surface area contributed by atoms with E-state index in [4.69, 9.17) is 14.5 Å². The van der Waals surface area contributed by atoms with Gasteiger partial charge in [0.15, 0.2) is 5.60 Å². The number of aromatic hydroxyl groups is 1. The molecular weight excluding hydrogens is 256 g/mol. The molecule has 6 rings (SSSR count). The molecule has 0 radical (unpaired) electrons. The van der Waals surface area contributed by atoms with Gasteiger partial charge in [0, 0.05) is 24.5 Å². The highest BCUT2D eigenvalue weighted by atomic mass is 17.3. The molecule has 0 amide bonds. The number of phenolic OH excluding ortho intramolecular Hbond substituents is 1. The van der Waals surface area contributed by atoms with Crippen LogP contribution >= 0.6 is 0 Å². The Bertz CT molecular complexity index is 566. The van der Waals surface area contributed by atoms with Gasteiger partial charge in [0.2, 0.25) is 0 Å². The minimum absolute atomic E-state index is 0.236. The molecular formula is C16H18O4. The summed E-state index contributed by atoms with van der Waals surface area (Å²) in [6.07, 6.45) is 3.82. The van der Waals surface area contributed by atoms with Gasteiger partial charge in [-0.05, 0) is 43.2 Å². The van der Waals surface area contributed by atoms with Gasteiger partial charge >= 0.3 is 0 Å². The molecule has 1 aromatic rings. The third-order valence-electron chi connectivity index (χ3n) is 6.28. The Kier molecular flexibility index (Phi) is 1.95. The molecule has 20 heavy (non-hydrogen) atoms. The molecule has 1 saturated heterocycles. The summed E-state index contributed by atoms with van der Waals surface area (Å²) in [6, 6.07) is 7.19. The summed E-state index contributed by atoms with van der Waals surface area (Å²) in [5, 5.41) is 9.78. The normalized spacial score (nSPS) is 51.0. The predicted octanol–water partition coefficient (Wildman–Crippen LogP) is 2.57. The van der Waals surface area contributed by atoms with E-state index >= 15 is 0 Å². The van der Waals surface area contributed by atoms with E-state index in [0.717, 1.165) is 17.4 Å². The third kappa shape index (κ3) is 0.984. The highest BCUT2D eigenvalue weighted by molar-refractivity contribution is 5.37. The number of rotatable bonds is 2. The number of benzene rings is 1. The largest absolute Gasteiger partial charge is 0.508 e. The molecule has 5 unspecified atom stereocenters. The number of hydrogen-bond acceptors (Lipinski definition) is 4. The van der Waals surface area contributed by atoms with E-state index in [2.05, 4.69) is 0 Å². The van der Waals surface area contributed by atoms with Crippen LogP contribution in [-0.2, 0) is 20.3 Å². The first-order valence-electron chi connectivity index (χ1n) is 7.43. The van der Waals surface area contributed by atoms with Crippen LogP contribution < -0.4 is 0 Å². The van der Waals surface area contributed by atoms with Crippen molar-refractivity contribution in [3.05, 3.63) is 29.8 Å². The van der Waals surface area contributed by atoms with Gasteiger partial charge in [-0.1, -0.05) is 12.1 Å². The van der Waals surface area contributed by atoms with Gasteiger partial charge in [0.25, 0.3) is 5.79 Å². The van der Waals surface area contributed by atoms with E-state index in [0.29, 0.717) is 11.8 Å². The second-order valence-corrected chi connectivity index (χ2v) is 6.77. The van der Waals surface area contributed by atoms with Crippen LogP contribution in [0.2, 0.25) is 0 Å². The van der Waals surface area contributed by atoms with Gasteiger partial charge < -0.3 is 9.84 Å². The maximum absolute atomic E-state index is 9.78. The average molecular weight is 274 g/mol. The zero-order chi connectivity index (χ0) is 13.5. The zero-order valence-corrected chi connectivity index (χ0v) is 11.4. The van der Waals surface area contributed by atoms with Gasteiger partial charge in [-0.3, -0.25) is 0 Å². The number of ether oxygens (including phenoxy) is 1.